The summed E-state index contributed by atoms with van der Waals surface area (Å²) in [7, 11) is 0. The summed E-state index contributed by atoms with van der Waals surface area (Å²) >= 11 is 0. The van der Waals surface area contributed by atoms with E-state index in [1.807, 2.05) is 0 Å². The fraction of sp³-hybridized carbons (Fsp3) is 0.946. The van der Waals surface area contributed by atoms with Crippen molar-refractivity contribution in [3.05, 3.63) is 0 Å². The van der Waals surface area contributed by atoms with Crippen molar-refractivity contribution in [2.45, 2.75) is 317 Å². The summed E-state index contributed by atoms with van der Waals surface area (Å²) in [6.45, 7) is 11.4. The van der Waals surface area contributed by atoms with E-state index in [0.717, 1.165) is 69.6 Å². The fourth-order valence-corrected chi connectivity index (χ4v) is 8.52. The number of esters is 3. The van der Waals surface area contributed by atoms with E-state index in [2.05, 4.69) is 34.6 Å². The van der Waals surface area contributed by atoms with E-state index in [1.165, 1.54) is 199 Å². The predicted octanol–water partition coefficient (Wildman–Crippen LogP) is 18.1. The van der Waals surface area contributed by atoms with E-state index in [0.29, 0.717) is 19.3 Å². The summed E-state index contributed by atoms with van der Waals surface area (Å²) in [5, 5.41) is 0. The van der Waals surface area contributed by atoms with Crippen LogP contribution in [0.5, 0.6) is 0 Å². The first-order valence-corrected chi connectivity index (χ1v) is 27.7. The molecule has 0 fully saturated rings. The molecule has 0 heterocycles. The minimum atomic E-state index is -0.762. The van der Waals surface area contributed by atoms with Gasteiger partial charge in [-0.05, 0) is 31.1 Å². The molecule has 0 unspecified atom stereocenters. The first-order chi connectivity index (χ1) is 30.2. The third-order valence-electron chi connectivity index (χ3n) is 12.7. The zero-order valence-electron chi connectivity index (χ0n) is 42.5. The Labute approximate surface area is 387 Å². The largest absolute Gasteiger partial charge is 0.462 e. The molecule has 1 atom stereocenters. The van der Waals surface area contributed by atoms with Crippen molar-refractivity contribution >= 4 is 17.9 Å². The lowest BCUT2D eigenvalue weighted by Gasteiger charge is -2.18. The highest BCUT2D eigenvalue weighted by Gasteiger charge is 2.19. The zero-order chi connectivity index (χ0) is 45.4. The van der Waals surface area contributed by atoms with Crippen LogP contribution in [0.15, 0.2) is 0 Å². The van der Waals surface area contributed by atoms with Gasteiger partial charge in [-0.1, -0.05) is 272 Å². The number of rotatable bonds is 50. The third kappa shape index (κ3) is 49.4. The second-order valence-electron chi connectivity index (χ2n) is 20.2. The van der Waals surface area contributed by atoms with Crippen LogP contribution in [-0.2, 0) is 28.6 Å². The molecule has 0 rings (SSSR count). The fourth-order valence-electron chi connectivity index (χ4n) is 8.52. The Balaban J connectivity index is 4.31. The van der Waals surface area contributed by atoms with Crippen LogP contribution >= 0.6 is 0 Å². The van der Waals surface area contributed by atoms with Gasteiger partial charge in [0.2, 0.25) is 0 Å². The molecular weight excluding hydrogens is 769 g/mol. The first-order valence-electron chi connectivity index (χ1n) is 27.7. The molecule has 0 radical (unpaired) electrons. The van der Waals surface area contributed by atoms with Crippen LogP contribution in [0, 0.1) is 11.8 Å². The highest BCUT2D eigenvalue weighted by atomic mass is 16.6. The molecule has 0 N–H and O–H groups in total. The van der Waals surface area contributed by atoms with Crippen LogP contribution in [0.1, 0.15) is 311 Å². The lowest BCUT2D eigenvalue weighted by Crippen LogP contribution is -2.30. The number of ether oxygens (including phenoxy) is 3. The van der Waals surface area contributed by atoms with Crippen LogP contribution in [0.4, 0.5) is 0 Å². The van der Waals surface area contributed by atoms with Crippen molar-refractivity contribution in [2.24, 2.45) is 11.8 Å². The maximum absolute atomic E-state index is 12.8. The van der Waals surface area contributed by atoms with Crippen LogP contribution in [0.25, 0.3) is 0 Å². The molecule has 368 valence electrons. The van der Waals surface area contributed by atoms with Crippen molar-refractivity contribution in [1.82, 2.24) is 0 Å². The van der Waals surface area contributed by atoms with Crippen molar-refractivity contribution in [3.8, 4) is 0 Å². The van der Waals surface area contributed by atoms with Gasteiger partial charge in [-0.2, -0.15) is 0 Å². The molecule has 0 spiro atoms. The van der Waals surface area contributed by atoms with Gasteiger partial charge in [0, 0.05) is 19.3 Å². The van der Waals surface area contributed by atoms with Crippen LogP contribution < -0.4 is 0 Å². The molecular formula is C56H108O6. The SMILES string of the molecule is CCCCCCCCCCCCCCCCC(=O)OC[C@@H](COC(=O)CCCCCCCCCCCCCCC(C)C)OC(=O)CCCCCCCCCCCCCCC(C)C. The Hall–Kier alpha value is -1.59. The molecule has 0 saturated heterocycles. The molecule has 0 aromatic rings. The summed E-state index contributed by atoms with van der Waals surface area (Å²) in [6.07, 6.45) is 50.9. The van der Waals surface area contributed by atoms with Crippen molar-refractivity contribution < 1.29 is 28.6 Å². The van der Waals surface area contributed by atoms with Crippen LogP contribution in [0.3, 0.4) is 0 Å². The lowest BCUT2D eigenvalue weighted by molar-refractivity contribution is -0.167. The maximum atomic E-state index is 12.8. The van der Waals surface area contributed by atoms with Gasteiger partial charge in [0.1, 0.15) is 13.2 Å². The molecule has 0 aromatic carbocycles. The minimum absolute atomic E-state index is 0.0630. The molecule has 6 heteroatoms. The summed E-state index contributed by atoms with van der Waals surface area (Å²) < 4.78 is 16.9. The van der Waals surface area contributed by atoms with E-state index in [-0.39, 0.29) is 31.1 Å². The second-order valence-corrected chi connectivity index (χ2v) is 20.2. The predicted molar refractivity (Wildman–Crippen MR) is 266 cm³/mol. The molecule has 0 aliphatic rings. The Morgan fingerprint density at radius 2 is 0.532 bits per heavy atom. The molecule has 0 amide bonds. The maximum Gasteiger partial charge on any atom is 0.306 e. The number of unbranched alkanes of at least 4 members (excludes halogenated alkanes) is 35. The summed E-state index contributed by atoms with van der Waals surface area (Å²) in [4.78, 5) is 38.1. The monoisotopic (exact) mass is 877 g/mol. The average molecular weight is 877 g/mol. The number of carbonyl (C=O) groups excluding carboxylic acids is 3. The molecule has 0 bridgehead atoms. The minimum Gasteiger partial charge on any atom is -0.462 e. The Morgan fingerprint density at radius 3 is 0.790 bits per heavy atom. The summed E-state index contributed by atoms with van der Waals surface area (Å²) in [6, 6.07) is 0. The summed E-state index contributed by atoms with van der Waals surface area (Å²) in [5.74, 6) is 0.824. The number of hydrogen-bond donors (Lipinski definition) is 0. The highest BCUT2D eigenvalue weighted by Crippen LogP contribution is 2.18. The smallest absolute Gasteiger partial charge is 0.306 e. The van der Waals surface area contributed by atoms with Crippen molar-refractivity contribution in [3.63, 3.8) is 0 Å². The van der Waals surface area contributed by atoms with Gasteiger partial charge in [0.05, 0.1) is 0 Å². The average Bonchev–Trinajstić information content (AvgIpc) is 3.24. The molecule has 0 aromatic heterocycles. The third-order valence-corrected chi connectivity index (χ3v) is 12.7. The Morgan fingerprint density at radius 1 is 0.306 bits per heavy atom. The van der Waals surface area contributed by atoms with Crippen molar-refractivity contribution in [2.75, 3.05) is 13.2 Å². The normalized spacial score (nSPS) is 12.0. The zero-order valence-corrected chi connectivity index (χ0v) is 42.5. The van der Waals surface area contributed by atoms with E-state index in [4.69, 9.17) is 14.2 Å². The Kier molecular flexibility index (Phi) is 47.6. The molecule has 6 nitrogen and oxygen atoms in total. The molecule has 0 saturated carbocycles. The van der Waals surface area contributed by atoms with E-state index in [1.54, 1.807) is 0 Å². The lowest BCUT2D eigenvalue weighted by atomic mass is 10.0. The van der Waals surface area contributed by atoms with Gasteiger partial charge in [-0.15, -0.1) is 0 Å². The Bertz CT molecular complexity index is 947. The molecule has 0 aliphatic heterocycles. The quantitative estimate of drug-likeness (QED) is 0.0344. The van der Waals surface area contributed by atoms with Gasteiger partial charge >= 0.3 is 17.9 Å². The van der Waals surface area contributed by atoms with Crippen LogP contribution in [0.2, 0.25) is 0 Å². The summed E-state index contributed by atoms with van der Waals surface area (Å²) in [5.41, 5.74) is 0. The topological polar surface area (TPSA) is 78.9 Å². The van der Waals surface area contributed by atoms with E-state index in [9.17, 15) is 14.4 Å². The van der Waals surface area contributed by atoms with E-state index < -0.39 is 6.10 Å². The number of hydrogen-bond acceptors (Lipinski definition) is 6. The van der Waals surface area contributed by atoms with Crippen LogP contribution in [-0.4, -0.2) is 37.2 Å². The molecule has 0 aliphatic carbocycles. The van der Waals surface area contributed by atoms with Gasteiger partial charge in [0.25, 0.3) is 0 Å². The van der Waals surface area contributed by atoms with Gasteiger partial charge in [-0.25, -0.2) is 0 Å². The van der Waals surface area contributed by atoms with Gasteiger partial charge < -0.3 is 14.2 Å². The standard InChI is InChI=1S/C56H108O6/c1-6-7-8-9-10-11-12-13-14-21-26-31-36-41-46-54(57)60-49-53(62-56(59)48-43-38-33-28-23-18-16-20-25-30-35-40-45-52(4)5)50-61-55(58)47-42-37-32-27-22-17-15-19-24-29-34-39-44-51(2)3/h51-53H,6-50H2,1-5H3/t53-/m0/s1. The molecule has 62 heavy (non-hydrogen) atoms. The second kappa shape index (κ2) is 48.9. The van der Waals surface area contributed by atoms with Crippen molar-refractivity contribution in [1.29, 1.82) is 0 Å². The van der Waals surface area contributed by atoms with Gasteiger partial charge in [0.15, 0.2) is 6.10 Å². The van der Waals surface area contributed by atoms with Gasteiger partial charge in [-0.3, -0.25) is 14.4 Å². The highest BCUT2D eigenvalue weighted by molar-refractivity contribution is 5.71. The van der Waals surface area contributed by atoms with E-state index >= 15 is 0 Å². The number of carbonyl (C=O) groups is 3. The first kappa shape index (κ1) is 60.4.